The summed E-state index contributed by atoms with van der Waals surface area (Å²) in [6, 6.07) is 4.79. The third kappa shape index (κ3) is 6.62. The second-order valence-electron chi connectivity index (χ2n) is 6.01. The van der Waals surface area contributed by atoms with Crippen LogP contribution in [0.15, 0.2) is 23.1 Å². The second-order valence-corrected chi connectivity index (χ2v) is 7.95. The van der Waals surface area contributed by atoms with Crippen LogP contribution in [0.4, 0.5) is 11.4 Å². The Labute approximate surface area is 167 Å². The summed E-state index contributed by atoms with van der Waals surface area (Å²) in [7, 11) is -1.77. The van der Waals surface area contributed by atoms with Crippen molar-refractivity contribution in [1.29, 1.82) is 0 Å². The predicted molar refractivity (Wildman–Crippen MR) is 109 cm³/mol. The third-order valence-electron chi connectivity index (χ3n) is 4.07. The maximum Gasteiger partial charge on any atom is 0.243 e. The van der Waals surface area contributed by atoms with Crippen LogP contribution in [0.1, 0.15) is 19.8 Å². The molecule has 154 valence electrons. The van der Waals surface area contributed by atoms with Gasteiger partial charge in [-0.1, -0.05) is 0 Å². The highest BCUT2D eigenvalue weighted by Gasteiger charge is 2.27. The van der Waals surface area contributed by atoms with Crippen LogP contribution in [0.25, 0.3) is 0 Å². The minimum atomic E-state index is -3.61. The van der Waals surface area contributed by atoms with Crippen molar-refractivity contribution in [3.05, 3.63) is 18.2 Å². The van der Waals surface area contributed by atoms with E-state index in [9.17, 15) is 13.2 Å². The van der Waals surface area contributed by atoms with E-state index < -0.39 is 10.0 Å². The van der Waals surface area contributed by atoms with Gasteiger partial charge in [-0.05, 0) is 45.1 Å². The molecule has 0 atom stereocenters. The molecule has 3 N–H and O–H groups in total. The van der Waals surface area contributed by atoms with Gasteiger partial charge in [-0.2, -0.15) is 4.31 Å². The molecule has 0 saturated carbocycles. The monoisotopic (exact) mass is 420 g/mol. The van der Waals surface area contributed by atoms with Gasteiger partial charge in [0.25, 0.3) is 0 Å². The highest BCUT2D eigenvalue weighted by Crippen LogP contribution is 2.28. The van der Waals surface area contributed by atoms with Gasteiger partial charge in [0.05, 0.1) is 29.5 Å². The summed E-state index contributed by atoms with van der Waals surface area (Å²) in [6.45, 7) is 4.81. The van der Waals surface area contributed by atoms with Crippen molar-refractivity contribution >= 4 is 39.7 Å². The zero-order valence-corrected chi connectivity index (χ0v) is 17.4. The number of ether oxygens (including phenoxy) is 1. The lowest BCUT2D eigenvalue weighted by Gasteiger charge is -2.26. The number of morpholine rings is 1. The molecule has 27 heavy (non-hydrogen) atoms. The van der Waals surface area contributed by atoms with E-state index in [1.165, 1.54) is 10.4 Å². The van der Waals surface area contributed by atoms with E-state index in [0.29, 0.717) is 57.1 Å². The molecule has 0 spiro atoms. The number of amides is 1. The SMILES string of the molecule is CCNc1ccc(S(=O)(=O)N2CCOCC2)cc1NC(=O)CCCNC.Cl. The third-order valence-corrected chi connectivity index (χ3v) is 5.97. The first-order valence-electron chi connectivity index (χ1n) is 8.89. The molecule has 0 unspecified atom stereocenters. The fourth-order valence-electron chi connectivity index (χ4n) is 2.71. The normalized spacial score (nSPS) is 15.0. The van der Waals surface area contributed by atoms with Gasteiger partial charge in [-0.25, -0.2) is 8.42 Å². The van der Waals surface area contributed by atoms with Gasteiger partial charge < -0.3 is 20.7 Å². The van der Waals surface area contributed by atoms with Crippen molar-refractivity contribution in [2.75, 3.05) is 57.1 Å². The maximum atomic E-state index is 12.8. The van der Waals surface area contributed by atoms with Gasteiger partial charge >= 0.3 is 0 Å². The van der Waals surface area contributed by atoms with Crippen LogP contribution in [0.5, 0.6) is 0 Å². The van der Waals surface area contributed by atoms with Crippen molar-refractivity contribution < 1.29 is 17.9 Å². The van der Waals surface area contributed by atoms with E-state index in [0.717, 1.165) is 6.54 Å². The molecule has 8 nitrogen and oxygen atoms in total. The largest absolute Gasteiger partial charge is 0.384 e. The number of rotatable bonds is 9. The quantitative estimate of drug-likeness (QED) is 0.523. The van der Waals surface area contributed by atoms with Gasteiger partial charge in [-0.15, -0.1) is 12.4 Å². The fraction of sp³-hybridized carbons (Fsp3) is 0.588. The molecular formula is C17H29ClN4O4S. The molecule has 1 aromatic carbocycles. The van der Waals surface area contributed by atoms with Crippen LogP contribution in [0.2, 0.25) is 0 Å². The number of hydrogen-bond donors (Lipinski definition) is 3. The lowest BCUT2D eigenvalue weighted by Crippen LogP contribution is -2.40. The van der Waals surface area contributed by atoms with E-state index in [-0.39, 0.29) is 23.2 Å². The Hall–Kier alpha value is -1.39. The van der Waals surface area contributed by atoms with Crippen LogP contribution in [-0.2, 0) is 19.6 Å². The predicted octanol–water partition coefficient (Wildman–Crippen LogP) is 1.50. The van der Waals surface area contributed by atoms with Crippen molar-refractivity contribution in [3.63, 3.8) is 0 Å². The van der Waals surface area contributed by atoms with Crippen molar-refractivity contribution in [3.8, 4) is 0 Å². The number of sulfonamides is 1. The molecular weight excluding hydrogens is 392 g/mol. The zero-order chi connectivity index (χ0) is 19.0. The summed E-state index contributed by atoms with van der Waals surface area (Å²) >= 11 is 0. The molecule has 0 bridgehead atoms. The summed E-state index contributed by atoms with van der Waals surface area (Å²) in [5.74, 6) is -0.139. The van der Waals surface area contributed by atoms with Crippen molar-refractivity contribution in [1.82, 2.24) is 9.62 Å². The molecule has 2 rings (SSSR count). The summed E-state index contributed by atoms with van der Waals surface area (Å²) < 4.78 is 32.3. The molecule has 1 saturated heterocycles. The summed E-state index contributed by atoms with van der Waals surface area (Å²) in [6.07, 6.45) is 1.08. The topological polar surface area (TPSA) is 99.8 Å². The Balaban J connectivity index is 0.00000364. The average molecular weight is 421 g/mol. The smallest absolute Gasteiger partial charge is 0.243 e. The summed E-state index contributed by atoms with van der Waals surface area (Å²) in [5.41, 5.74) is 1.19. The van der Waals surface area contributed by atoms with Crippen LogP contribution in [-0.4, -0.2) is 65.1 Å². The number of carbonyl (C=O) groups is 1. The van der Waals surface area contributed by atoms with Gasteiger partial charge in [0.1, 0.15) is 0 Å². The first kappa shape index (κ1) is 23.6. The van der Waals surface area contributed by atoms with E-state index in [4.69, 9.17) is 4.74 Å². The van der Waals surface area contributed by atoms with Gasteiger partial charge in [0.15, 0.2) is 0 Å². The molecule has 0 radical (unpaired) electrons. The van der Waals surface area contributed by atoms with Crippen LogP contribution >= 0.6 is 12.4 Å². The minimum absolute atomic E-state index is 0. The molecule has 0 aliphatic carbocycles. The minimum Gasteiger partial charge on any atom is -0.384 e. The van der Waals surface area contributed by atoms with Crippen molar-refractivity contribution in [2.24, 2.45) is 0 Å². The van der Waals surface area contributed by atoms with E-state index in [1.807, 2.05) is 14.0 Å². The zero-order valence-electron chi connectivity index (χ0n) is 15.8. The number of nitrogens with one attached hydrogen (secondary N) is 3. The Morgan fingerprint density at radius 2 is 1.93 bits per heavy atom. The molecule has 10 heteroatoms. The lowest BCUT2D eigenvalue weighted by molar-refractivity contribution is -0.116. The highest BCUT2D eigenvalue weighted by atomic mass is 35.5. The first-order chi connectivity index (χ1) is 12.5. The number of carbonyl (C=O) groups excluding carboxylic acids is 1. The summed E-state index contributed by atoms with van der Waals surface area (Å²) in [5, 5.41) is 8.98. The first-order valence-corrected chi connectivity index (χ1v) is 10.3. The number of hydrogen-bond acceptors (Lipinski definition) is 6. The molecule has 1 fully saturated rings. The molecule has 1 aliphatic heterocycles. The standard InChI is InChI=1S/C17H28N4O4S.ClH/c1-3-19-15-7-6-14(26(23,24)21-9-11-25-12-10-21)13-16(15)20-17(22)5-4-8-18-2;/h6-7,13,18-19H,3-5,8-12H2,1-2H3,(H,20,22);1H. The van der Waals surface area contributed by atoms with Crippen molar-refractivity contribution in [2.45, 2.75) is 24.7 Å². The fourth-order valence-corrected chi connectivity index (χ4v) is 4.14. The number of benzene rings is 1. The van der Waals surface area contributed by atoms with Gasteiger partial charge in [-0.3, -0.25) is 4.79 Å². The Kier molecular flexibility index (Phi) is 10.0. The number of nitrogens with zero attached hydrogens (tertiary/aromatic N) is 1. The van der Waals surface area contributed by atoms with E-state index >= 15 is 0 Å². The van der Waals surface area contributed by atoms with Gasteiger partial charge in [0.2, 0.25) is 15.9 Å². The van der Waals surface area contributed by atoms with E-state index in [2.05, 4.69) is 16.0 Å². The summed E-state index contributed by atoms with van der Waals surface area (Å²) in [4.78, 5) is 12.3. The number of anilines is 2. The molecule has 1 heterocycles. The highest BCUT2D eigenvalue weighted by molar-refractivity contribution is 7.89. The molecule has 1 aliphatic rings. The van der Waals surface area contributed by atoms with E-state index in [1.54, 1.807) is 12.1 Å². The van der Waals surface area contributed by atoms with Gasteiger partial charge in [0, 0.05) is 26.1 Å². The maximum absolute atomic E-state index is 12.8. The Morgan fingerprint density at radius 1 is 1.22 bits per heavy atom. The van der Waals surface area contributed by atoms with Crippen LogP contribution in [0, 0.1) is 0 Å². The van der Waals surface area contributed by atoms with Crippen LogP contribution in [0.3, 0.4) is 0 Å². The molecule has 0 aromatic heterocycles. The molecule has 1 aromatic rings. The average Bonchev–Trinajstić information content (AvgIpc) is 2.64. The Morgan fingerprint density at radius 3 is 2.56 bits per heavy atom. The number of halogens is 1. The second kappa shape index (κ2) is 11.5. The lowest BCUT2D eigenvalue weighted by atomic mass is 10.2. The molecule has 1 amide bonds. The van der Waals surface area contributed by atoms with Crippen LogP contribution < -0.4 is 16.0 Å². The Bertz CT molecular complexity index is 709.